The van der Waals surface area contributed by atoms with Gasteiger partial charge in [-0.3, -0.25) is 0 Å². The van der Waals surface area contributed by atoms with Crippen LogP contribution in [0, 0.1) is 0 Å². The molecule has 1 aromatic heterocycles. The number of hydrogen-bond donors (Lipinski definition) is 1. The third-order valence-corrected chi connectivity index (χ3v) is 4.76. The van der Waals surface area contributed by atoms with E-state index in [0.717, 1.165) is 18.5 Å². The second-order valence-electron chi connectivity index (χ2n) is 4.94. The SMILES string of the molecule is c1ccc2c(c1)NCC2Cc1nc2ccccc2s1. The van der Waals surface area contributed by atoms with Gasteiger partial charge < -0.3 is 5.32 Å². The van der Waals surface area contributed by atoms with Gasteiger partial charge in [-0.25, -0.2) is 4.98 Å². The van der Waals surface area contributed by atoms with Gasteiger partial charge in [-0.2, -0.15) is 0 Å². The third-order valence-electron chi connectivity index (χ3n) is 3.70. The van der Waals surface area contributed by atoms with E-state index in [4.69, 9.17) is 4.98 Å². The van der Waals surface area contributed by atoms with Gasteiger partial charge in [0.25, 0.3) is 0 Å². The number of rotatable bonds is 2. The van der Waals surface area contributed by atoms with E-state index < -0.39 is 0 Å². The van der Waals surface area contributed by atoms with Crippen molar-refractivity contribution in [2.24, 2.45) is 0 Å². The molecule has 2 aromatic carbocycles. The lowest BCUT2D eigenvalue weighted by Crippen LogP contribution is -2.05. The van der Waals surface area contributed by atoms with Crippen molar-refractivity contribution in [2.75, 3.05) is 11.9 Å². The zero-order chi connectivity index (χ0) is 12.7. The second kappa shape index (κ2) is 4.35. The van der Waals surface area contributed by atoms with Crippen LogP contribution in [0.2, 0.25) is 0 Å². The van der Waals surface area contributed by atoms with Gasteiger partial charge in [0.05, 0.1) is 15.2 Å². The largest absolute Gasteiger partial charge is 0.384 e. The molecule has 2 heterocycles. The molecule has 0 aliphatic carbocycles. The van der Waals surface area contributed by atoms with E-state index in [0.29, 0.717) is 5.92 Å². The molecule has 0 amide bonds. The number of thiazole rings is 1. The summed E-state index contributed by atoms with van der Waals surface area (Å²) in [7, 11) is 0. The minimum atomic E-state index is 0.553. The number of para-hydroxylation sites is 2. The van der Waals surface area contributed by atoms with Crippen LogP contribution in [-0.4, -0.2) is 11.5 Å². The van der Waals surface area contributed by atoms with Gasteiger partial charge in [0.2, 0.25) is 0 Å². The molecule has 0 bridgehead atoms. The van der Waals surface area contributed by atoms with Crippen LogP contribution in [0.25, 0.3) is 10.2 Å². The van der Waals surface area contributed by atoms with Crippen molar-refractivity contribution >= 4 is 27.2 Å². The average molecular weight is 266 g/mol. The summed E-state index contributed by atoms with van der Waals surface area (Å²) in [6.07, 6.45) is 1.03. The standard InChI is InChI=1S/C16H14N2S/c1-2-6-13-12(5-1)11(10-17-13)9-16-18-14-7-3-4-8-15(14)19-16/h1-8,11,17H,9-10H2. The minimum Gasteiger partial charge on any atom is -0.384 e. The first-order chi connectivity index (χ1) is 9.40. The molecular weight excluding hydrogens is 252 g/mol. The van der Waals surface area contributed by atoms with Crippen LogP contribution in [0.5, 0.6) is 0 Å². The summed E-state index contributed by atoms with van der Waals surface area (Å²) in [6.45, 7) is 1.02. The molecular formula is C16H14N2S. The maximum atomic E-state index is 4.74. The molecule has 1 aliphatic rings. The molecule has 1 atom stereocenters. The van der Waals surface area contributed by atoms with Gasteiger partial charge in [-0.15, -0.1) is 11.3 Å². The normalized spacial score (nSPS) is 17.4. The van der Waals surface area contributed by atoms with E-state index in [-0.39, 0.29) is 0 Å². The molecule has 0 radical (unpaired) electrons. The number of anilines is 1. The quantitative estimate of drug-likeness (QED) is 0.757. The van der Waals surface area contributed by atoms with Crippen LogP contribution in [0.15, 0.2) is 48.5 Å². The van der Waals surface area contributed by atoms with Crippen molar-refractivity contribution in [1.82, 2.24) is 4.98 Å². The van der Waals surface area contributed by atoms with Crippen molar-refractivity contribution in [3.8, 4) is 0 Å². The van der Waals surface area contributed by atoms with Crippen molar-refractivity contribution in [3.63, 3.8) is 0 Å². The fraction of sp³-hybridized carbons (Fsp3) is 0.188. The molecule has 1 unspecified atom stereocenters. The topological polar surface area (TPSA) is 24.9 Å². The molecule has 2 nitrogen and oxygen atoms in total. The Balaban J connectivity index is 1.65. The number of aromatic nitrogens is 1. The van der Waals surface area contributed by atoms with Gasteiger partial charge in [-0.05, 0) is 23.8 Å². The average Bonchev–Trinajstić information content (AvgIpc) is 3.03. The Bertz CT molecular complexity index is 699. The summed E-state index contributed by atoms with van der Waals surface area (Å²) in [5.41, 5.74) is 3.84. The summed E-state index contributed by atoms with van der Waals surface area (Å²) in [5.74, 6) is 0.553. The third kappa shape index (κ3) is 1.90. The van der Waals surface area contributed by atoms with Crippen LogP contribution in [0.4, 0.5) is 5.69 Å². The molecule has 94 valence electrons. The minimum absolute atomic E-state index is 0.553. The molecule has 1 N–H and O–H groups in total. The Morgan fingerprint density at radius 1 is 1.11 bits per heavy atom. The van der Waals surface area contributed by atoms with Crippen molar-refractivity contribution in [2.45, 2.75) is 12.3 Å². The number of nitrogens with one attached hydrogen (secondary N) is 1. The van der Waals surface area contributed by atoms with Gasteiger partial charge in [0.1, 0.15) is 0 Å². The number of hydrogen-bond acceptors (Lipinski definition) is 3. The smallest absolute Gasteiger partial charge is 0.0945 e. The molecule has 3 heteroatoms. The lowest BCUT2D eigenvalue weighted by Gasteiger charge is -2.07. The van der Waals surface area contributed by atoms with Gasteiger partial charge in [0.15, 0.2) is 0 Å². The predicted octanol–water partition coefficient (Wildman–Crippen LogP) is 4.05. The number of nitrogens with zero attached hydrogens (tertiary/aromatic N) is 1. The molecule has 0 saturated carbocycles. The predicted molar refractivity (Wildman–Crippen MR) is 81.0 cm³/mol. The van der Waals surface area contributed by atoms with Gasteiger partial charge in [-0.1, -0.05) is 30.3 Å². The van der Waals surface area contributed by atoms with Gasteiger partial charge >= 0.3 is 0 Å². The lowest BCUT2D eigenvalue weighted by molar-refractivity contribution is 0.749. The zero-order valence-corrected chi connectivity index (χ0v) is 11.3. The number of fused-ring (bicyclic) bond motifs is 2. The summed E-state index contributed by atoms with van der Waals surface area (Å²) in [6, 6.07) is 17.0. The summed E-state index contributed by atoms with van der Waals surface area (Å²) >= 11 is 1.82. The summed E-state index contributed by atoms with van der Waals surface area (Å²) in [5, 5.41) is 4.72. The Hall–Kier alpha value is -1.87. The Kier molecular flexibility index (Phi) is 2.52. The van der Waals surface area contributed by atoms with Crippen molar-refractivity contribution in [1.29, 1.82) is 0 Å². The molecule has 0 saturated heterocycles. The van der Waals surface area contributed by atoms with E-state index in [1.54, 1.807) is 0 Å². The molecule has 3 aromatic rings. The van der Waals surface area contributed by atoms with Crippen molar-refractivity contribution in [3.05, 3.63) is 59.1 Å². The summed E-state index contributed by atoms with van der Waals surface area (Å²) < 4.78 is 1.29. The fourth-order valence-electron chi connectivity index (χ4n) is 2.76. The van der Waals surface area contributed by atoms with E-state index in [1.807, 2.05) is 11.3 Å². The lowest BCUT2D eigenvalue weighted by atomic mass is 9.98. The second-order valence-corrected chi connectivity index (χ2v) is 6.06. The molecule has 4 rings (SSSR count). The Morgan fingerprint density at radius 2 is 1.95 bits per heavy atom. The Morgan fingerprint density at radius 3 is 2.89 bits per heavy atom. The highest BCUT2D eigenvalue weighted by Crippen LogP contribution is 2.34. The van der Waals surface area contributed by atoms with Crippen LogP contribution in [0.3, 0.4) is 0 Å². The summed E-state index contributed by atoms with van der Waals surface area (Å²) in [4.78, 5) is 4.74. The molecule has 19 heavy (non-hydrogen) atoms. The highest BCUT2D eigenvalue weighted by molar-refractivity contribution is 7.18. The monoisotopic (exact) mass is 266 g/mol. The van der Waals surface area contributed by atoms with Crippen LogP contribution >= 0.6 is 11.3 Å². The maximum Gasteiger partial charge on any atom is 0.0945 e. The first-order valence-corrected chi connectivity index (χ1v) is 7.39. The van der Waals surface area contributed by atoms with Crippen molar-refractivity contribution < 1.29 is 0 Å². The first kappa shape index (κ1) is 11.0. The van der Waals surface area contributed by atoms with Crippen LogP contribution in [0.1, 0.15) is 16.5 Å². The fourth-order valence-corrected chi connectivity index (χ4v) is 3.80. The first-order valence-electron chi connectivity index (χ1n) is 6.57. The zero-order valence-electron chi connectivity index (χ0n) is 10.5. The van der Waals surface area contributed by atoms with E-state index >= 15 is 0 Å². The Labute approximate surface area is 116 Å². The number of benzene rings is 2. The van der Waals surface area contributed by atoms with Crippen LogP contribution < -0.4 is 5.32 Å². The van der Waals surface area contributed by atoms with Gasteiger partial charge in [0, 0.05) is 24.6 Å². The van der Waals surface area contributed by atoms with E-state index in [2.05, 4.69) is 53.8 Å². The van der Waals surface area contributed by atoms with E-state index in [9.17, 15) is 0 Å². The highest BCUT2D eigenvalue weighted by atomic mass is 32.1. The van der Waals surface area contributed by atoms with Crippen LogP contribution in [-0.2, 0) is 6.42 Å². The highest BCUT2D eigenvalue weighted by Gasteiger charge is 2.22. The molecule has 0 spiro atoms. The maximum absolute atomic E-state index is 4.74. The molecule has 1 aliphatic heterocycles. The van der Waals surface area contributed by atoms with E-state index in [1.165, 1.54) is 21.0 Å². The molecule has 0 fully saturated rings.